The summed E-state index contributed by atoms with van der Waals surface area (Å²) in [5.74, 6) is -2.81. The Hall–Kier alpha value is -4.20. The number of nitrogens with two attached hydrogens (primary N) is 2. The molecule has 5 atom stereocenters. The molecule has 1 aromatic carbocycles. The van der Waals surface area contributed by atoms with Crippen molar-refractivity contribution in [1.82, 2.24) is 25.8 Å². The Morgan fingerprint density at radius 2 is 1.64 bits per heavy atom. The number of aliphatic carboxylic acids is 1. The monoisotopic (exact) mass is 612 g/mol. The zero-order valence-electron chi connectivity index (χ0n) is 25.0. The lowest BCUT2D eigenvalue weighted by atomic mass is 10.0. The summed E-state index contributed by atoms with van der Waals surface area (Å²) < 4.78 is 0. The smallest absolute Gasteiger partial charge is 0.326 e. The van der Waals surface area contributed by atoms with E-state index in [9.17, 15) is 29.1 Å². The third-order valence-electron chi connectivity index (χ3n) is 8.49. The Morgan fingerprint density at radius 3 is 2.30 bits per heavy atom. The zero-order chi connectivity index (χ0) is 31.6. The van der Waals surface area contributed by atoms with Gasteiger partial charge in [0.25, 0.3) is 0 Å². The van der Waals surface area contributed by atoms with Crippen LogP contribution in [0, 0.1) is 0 Å². The maximum absolute atomic E-state index is 13.8. The topological polar surface area (TPSA) is 213 Å². The Morgan fingerprint density at radius 1 is 0.932 bits per heavy atom. The molecular weight excluding hydrogens is 568 g/mol. The van der Waals surface area contributed by atoms with Gasteiger partial charge in [0.1, 0.15) is 24.2 Å². The van der Waals surface area contributed by atoms with E-state index in [2.05, 4.69) is 20.9 Å². The van der Waals surface area contributed by atoms with Crippen LogP contribution in [-0.2, 0) is 30.4 Å². The van der Waals surface area contributed by atoms with Gasteiger partial charge in [-0.05, 0) is 63.5 Å². The summed E-state index contributed by atoms with van der Waals surface area (Å²) in [5, 5.41) is 18.5. The number of hydrogen-bond donors (Lipinski definition) is 6. The largest absolute Gasteiger partial charge is 0.480 e. The van der Waals surface area contributed by atoms with Crippen LogP contribution >= 0.6 is 0 Å². The minimum Gasteiger partial charge on any atom is -0.480 e. The fourth-order valence-electron chi connectivity index (χ4n) is 6.25. The van der Waals surface area contributed by atoms with Crippen molar-refractivity contribution in [3.05, 3.63) is 35.9 Å². The van der Waals surface area contributed by atoms with Crippen LogP contribution in [0.1, 0.15) is 56.9 Å². The molecule has 3 heterocycles. The summed E-state index contributed by atoms with van der Waals surface area (Å²) in [5.41, 5.74) is 11.6. The molecule has 5 unspecified atom stereocenters. The minimum absolute atomic E-state index is 0.101. The van der Waals surface area contributed by atoms with Crippen LogP contribution in [0.5, 0.6) is 0 Å². The van der Waals surface area contributed by atoms with Gasteiger partial charge < -0.3 is 42.3 Å². The van der Waals surface area contributed by atoms with E-state index in [0.29, 0.717) is 38.6 Å². The molecule has 4 rings (SSSR count). The highest BCUT2D eigenvalue weighted by molar-refractivity contribution is 5.96. The number of amides is 4. The average Bonchev–Trinajstić information content (AvgIpc) is 3.80. The van der Waals surface area contributed by atoms with Crippen molar-refractivity contribution in [2.75, 3.05) is 26.2 Å². The quantitative estimate of drug-likeness (QED) is 0.0921. The molecule has 240 valence electrons. The fraction of sp³-hybridized carbons (Fsp3) is 0.600. The van der Waals surface area contributed by atoms with Crippen molar-refractivity contribution in [3.63, 3.8) is 0 Å². The molecule has 0 aliphatic carbocycles. The van der Waals surface area contributed by atoms with E-state index in [4.69, 9.17) is 11.5 Å². The number of nitrogens with one attached hydrogen (secondary N) is 3. The Labute approximate surface area is 257 Å². The molecule has 3 saturated heterocycles. The van der Waals surface area contributed by atoms with E-state index < -0.39 is 47.9 Å². The summed E-state index contributed by atoms with van der Waals surface area (Å²) in [4.78, 5) is 72.9. The molecule has 3 aliphatic rings. The summed E-state index contributed by atoms with van der Waals surface area (Å²) >= 11 is 0. The summed E-state index contributed by atoms with van der Waals surface area (Å²) in [6.45, 7) is 1.71. The highest BCUT2D eigenvalue weighted by atomic mass is 16.4. The SMILES string of the molecule is NC(N)=NCCCC(NC(=O)C(Cc1ccccc1)NC(=O)C1CCCN1C(=O)C1CCCN1)C(=O)N1CCCC1C(=O)O. The molecule has 0 aromatic heterocycles. The molecule has 0 spiro atoms. The fourth-order valence-corrected chi connectivity index (χ4v) is 6.25. The number of nitrogens with zero attached hydrogens (tertiary/aromatic N) is 3. The van der Waals surface area contributed by atoms with Gasteiger partial charge in [-0.1, -0.05) is 30.3 Å². The molecule has 0 radical (unpaired) electrons. The van der Waals surface area contributed by atoms with E-state index >= 15 is 0 Å². The number of likely N-dealkylation sites (tertiary alicyclic amines) is 2. The normalized spacial score (nSPS) is 22.7. The van der Waals surface area contributed by atoms with E-state index in [-0.39, 0.29) is 43.8 Å². The number of carbonyl (C=O) groups excluding carboxylic acids is 4. The second kappa shape index (κ2) is 15.5. The molecule has 44 heavy (non-hydrogen) atoms. The van der Waals surface area contributed by atoms with Crippen molar-refractivity contribution >= 4 is 35.6 Å². The molecule has 4 amide bonds. The van der Waals surface area contributed by atoms with Crippen molar-refractivity contribution < 1.29 is 29.1 Å². The number of guanidine groups is 1. The molecule has 3 aliphatic heterocycles. The first-order valence-electron chi connectivity index (χ1n) is 15.4. The van der Waals surface area contributed by atoms with Gasteiger partial charge in [-0.25, -0.2) is 4.79 Å². The lowest BCUT2D eigenvalue weighted by Crippen LogP contribution is -2.58. The summed E-state index contributed by atoms with van der Waals surface area (Å²) in [6.07, 6.45) is 4.32. The van der Waals surface area contributed by atoms with Crippen molar-refractivity contribution in [1.29, 1.82) is 0 Å². The van der Waals surface area contributed by atoms with Gasteiger partial charge in [0.05, 0.1) is 6.04 Å². The molecular formula is C30H44N8O6. The molecule has 14 heteroatoms. The van der Waals surface area contributed by atoms with Crippen LogP contribution in [0.3, 0.4) is 0 Å². The third kappa shape index (κ3) is 8.46. The number of hydrogen-bond acceptors (Lipinski definition) is 7. The Kier molecular flexibility index (Phi) is 11.5. The molecule has 3 fully saturated rings. The van der Waals surface area contributed by atoms with Gasteiger partial charge >= 0.3 is 5.97 Å². The van der Waals surface area contributed by atoms with Crippen LogP contribution in [0.4, 0.5) is 0 Å². The standard InChI is InChI=1S/C30H44N8O6/c31-30(32)34-15-5-11-21(28(42)38-17-7-13-24(38)29(43)44)35-25(39)22(18-19-8-2-1-3-9-19)36-26(40)23-12-6-16-37(23)27(41)20-10-4-14-33-20/h1-3,8-9,20-24,33H,4-7,10-18H2,(H,35,39)(H,36,40)(H,43,44)(H4,31,32,34). The van der Waals surface area contributed by atoms with Crippen LogP contribution in [0.25, 0.3) is 0 Å². The van der Waals surface area contributed by atoms with E-state index in [0.717, 1.165) is 24.9 Å². The average molecular weight is 613 g/mol. The zero-order valence-corrected chi connectivity index (χ0v) is 25.0. The van der Waals surface area contributed by atoms with Crippen LogP contribution in [-0.4, -0.2) is 107 Å². The number of aliphatic imine (C=N–C) groups is 1. The minimum atomic E-state index is -1.10. The van der Waals surface area contributed by atoms with Crippen molar-refractivity contribution in [2.24, 2.45) is 16.5 Å². The first-order valence-corrected chi connectivity index (χ1v) is 15.4. The second-order valence-electron chi connectivity index (χ2n) is 11.6. The van der Waals surface area contributed by atoms with Gasteiger partial charge in [-0.15, -0.1) is 0 Å². The van der Waals surface area contributed by atoms with E-state index in [1.54, 1.807) is 4.90 Å². The highest BCUT2D eigenvalue weighted by Crippen LogP contribution is 2.22. The van der Waals surface area contributed by atoms with Crippen molar-refractivity contribution in [3.8, 4) is 0 Å². The molecule has 8 N–H and O–H groups in total. The van der Waals surface area contributed by atoms with Crippen LogP contribution in [0.2, 0.25) is 0 Å². The predicted molar refractivity (Wildman–Crippen MR) is 162 cm³/mol. The number of rotatable bonds is 13. The van der Waals surface area contributed by atoms with E-state index in [1.165, 1.54) is 4.90 Å². The van der Waals surface area contributed by atoms with Gasteiger partial charge in [0.2, 0.25) is 23.6 Å². The molecule has 0 bridgehead atoms. The van der Waals surface area contributed by atoms with Gasteiger partial charge in [0.15, 0.2) is 5.96 Å². The number of carboxylic acid groups (broad SMARTS) is 1. The lowest BCUT2D eigenvalue weighted by molar-refractivity contribution is -0.149. The highest BCUT2D eigenvalue weighted by Gasteiger charge is 2.41. The molecule has 0 saturated carbocycles. The van der Waals surface area contributed by atoms with Crippen LogP contribution in [0.15, 0.2) is 35.3 Å². The van der Waals surface area contributed by atoms with Gasteiger partial charge in [-0.2, -0.15) is 0 Å². The lowest BCUT2D eigenvalue weighted by Gasteiger charge is -2.30. The van der Waals surface area contributed by atoms with Gasteiger partial charge in [0, 0.05) is 26.1 Å². The summed E-state index contributed by atoms with van der Waals surface area (Å²) in [7, 11) is 0. The van der Waals surface area contributed by atoms with E-state index in [1.807, 2.05) is 30.3 Å². The summed E-state index contributed by atoms with van der Waals surface area (Å²) in [6, 6.07) is 5.09. The van der Waals surface area contributed by atoms with Crippen molar-refractivity contribution in [2.45, 2.75) is 88.0 Å². The molecule has 14 nitrogen and oxygen atoms in total. The second-order valence-corrected chi connectivity index (χ2v) is 11.6. The van der Waals surface area contributed by atoms with Crippen LogP contribution < -0.4 is 27.4 Å². The maximum atomic E-state index is 13.8. The first kappa shape index (κ1) is 32.7. The number of benzene rings is 1. The Balaban J connectivity index is 1.51. The Bertz CT molecular complexity index is 1220. The molecule has 1 aromatic rings. The predicted octanol–water partition coefficient (Wildman–Crippen LogP) is -0.929. The number of carboxylic acids is 1. The first-order chi connectivity index (χ1) is 21.2. The third-order valence-corrected chi connectivity index (χ3v) is 8.49. The maximum Gasteiger partial charge on any atom is 0.326 e. The van der Waals surface area contributed by atoms with Gasteiger partial charge in [-0.3, -0.25) is 24.2 Å². The number of carbonyl (C=O) groups is 5.